The fourth-order valence-electron chi connectivity index (χ4n) is 2.95. The lowest BCUT2D eigenvalue weighted by Crippen LogP contribution is -2.30. The Bertz CT molecular complexity index is 406. The van der Waals surface area contributed by atoms with Crippen molar-refractivity contribution in [3.8, 4) is 0 Å². The highest BCUT2D eigenvalue weighted by molar-refractivity contribution is 7.99. The highest BCUT2D eigenvalue weighted by atomic mass is 32.2. The van der Waals surface area contributed by atoms with Gasteiger partial charge in [-0.1, -0.05) is 31.2 Å². The van der Waals surface area contributed by atoms with E-state index in [1.165, 1.54) is 37.1 Å². The summed E-state index contributed by atoms with van der Waals surface area (Å²) in [5.41, 5.74) is 3.09. The Hall–Kier alpha value is -0.510. The van der Waals surface area contributed by atoms with Crippen molar-refractivity contribution in [3.63, 3.8) is 0 Å². The molecule has 112 valence electrons. The van der Waals surface area contributed by atoms with E-state index in [9.17, 15) is 0 Å². The molecule has 0 spiro atoms. The van der Waals surface area contributed by atoms with Crippen molar-refractivity contribution in [2.24, 2.45) is 0 Å². The molecule has 0 aliphatic heterocycles. The van der Waals surface area contributed by atoms with E-state index in [0.29, 0.717) is 11.3 Å². The molecule has 0 radical (unpaired) electrons. The van der Waals surface area contributed by atoms with Gasteiger partial charge < -0.3 is 10.2 Å². The van der Waals surface area contributed by atoms with Gasteiger partial charge in [0.1, 0.15) is 0 Å². The Kier molecular flexibility index (Phi) is 6.40. The maximum Gasteiger partial charge on any atom is 0.0443 e. The number of rotatable bonds is 6. The third-order valence-corrected chi connectivity index (χ3v) is 5.35. The first kappa shape index (κ1) is 15.9. The molecular weight excluding hydrogens is 264 g/mol. The molecule has 1 aromatic rings. The smallest absolute Gasteiger partial charge is 0.0443 e. The van der Waals surface area contributed by atoms with Crippen LogP contribution in [-0.4, -0.2) is 43.1 Å². The molecule has 2 rings (SSSR count). The molecule has 1 aliphatic rings. The van der Waals surface area contributed by atoms with Crippen LogP contribution in [0, 0.1) is 0 Å². The summed E-state index contributed by atoms with van der Waals surface area (Å²) in [6.07, 6.45) is 3.88. The van der Waals surface area contributed by atoms with Crippen LogP contribution in [0.2, 0.25) is 0 Å². The Morgan fingerprint density at radius 3 is 2.85 bits per heavy atom. The summed E-state index contributed by atoms with van der Waals surface area (Å²) in [6.45, 7) is 4.43. The van der Waals surface area contributed by atoms with Gasteiger partial charge in [-0.3, -0.25) is 0 Å². The Morgan fingerprint density at radius 1 is 1.30 bits per heavy atom. The number of aryl methyl sites for hydroxylation is 1. The van der Waals surface area contributed by atoms with Crippen molar-refractivity contribution in [1.82, 2.24) is 10.2 Å². The first-order chi connectivity index (χ1) is 9.72. The predicted octanol–water partition coefficient (Wildman–Crippen LogP) is 3.34. The zero-order valence-electron chi connectivity index (χ0n) is 13.1. The van der Waals surface area contributed by atoms with Crippen molar-refractivity contribution in [2.75, 3.05) is 32.9 Å². The van der Waals surface area contributed by atoms with Gasteiger partial charge in [0.05, 0.1) is 0 Å². The number of hydrogen-bond donors (Lipinski definition) is 1. The van der Waals surface area contributed by atoms with E-state index >= 15 is 0 Å². The Labute approximate surface area is 128 Å². The van der Waals surface area contributed by atoms with E-state index in [1.54, 1.807) is 5.56 Å². The molecule has 0 heterocycles. The molecule has 2 atom stereocenters. The molecule has 0 bridgehead atoms. The lowest BCUT2D eigenvalue weighted by molar-refractivity contribution is 0.436. The second-order valence-electron chi connectivity index (χ2n) is 5.84. The van der Waals surface area contributed by atoms with Gasteiger partial charge in [-0.15, -0.1) is 0 Å². The third kappa shape index (κ3) is 4.24. The van der Waals surface area contributed by atoms with E-state index in [-0.39, 0.29) is 0 Å². The minimum absolute atomic E-state index is 0.519. The van der Waals surface area contributed by atoms with Crippen LogP contribution >= 0.6 is 11.8 Å². The van der Waals surface area contributed by atoms with Gasteiger partial charge in [-0.05, 0) is 51.0 Å². The van der Waals surface area contributed by atoms with Crippen LogP contribution in [0.4, 0.5) is 0 Å². The van der Waals surface area contributed by atoms with Gasteiger partial charge in [0.25, 0.3) is 0 Å². The van der Waals surface area contributed by atoms with Crippen molar-refractivity contribution in [1.29, 1.82) is 0 Å². The zero-order valence-corrected chi connectivity index (χ0v) is 13.9. The fourth-order valence-corrected chi connectivity index (χ4v) is 4.50. The van der Waals surface area contributed by atoms with Gasteiger partial charge in [-0.2, -0.15) is 11.8 Å². The van der Waals surface area contributed by atoms with Crippen LogP contribution in [-0.2, 0) is 6.42 Å². The Morgan fingerprint density at radius 2 is 2.10 bits per heavy atom. The second-order valence-corrected chi connectivity index (χ2v) is 7.19. The fraction of sp³-hybridized carbons (Fsp3) is 0.647. The maximum atomic E-state index is 3.73. The van der Waals surface area contributed by atoms with Crippen molar-refractivity contribution in [3.05, 3.63) is 35.4 Å². The second kappa shape index (κ2) is 8.06. The zero-order chi connectivity index (χ0) is 14.4. The lowest BCUT2D eigenvalue weighted by Gasteiger charge is -2.27. The molecule has 0 saturated carbocycles. The number of nitrogens with zero attached hydrogens (tertiary/aromatic N) is 1. The quantitative estimate of drug-likeness (QED) is 0.810. The highest BCUT2D eigenvalue weighted by Gasteiger charge is 2.27. The van der Waals surface area contributed by atoms with Gasteiger partial charge in [0.15, 0.2) is 0 Å². The average Bonchev–Trinajstić information content (AvgIpc) is 2.60. The summed E-state index contributed by atoms with van der Waals surface area (Å²) in [5, 5.41) is 4.44. The summed E-state index contributed by atoms with van der Waals surface area (Å²) in [5.74, 6) is 1.22. The minimum Gasteiger partial charge on any atom is -0.309 e. The topological polar surface area (TPSA) is 15.3 Å². The van der Waals surface area contributed by atoms with Crippen molar-refractivity contribution in [2.45, 2.75) is 37.5 Å². The Balaban J connectivity index is 2.10. The van der Waals surface area contributed by atoms with Crippen molar-refractivity contribution < 1.29 is 0 Å². The van der Waals surface area contributed by atoms with E-state index < -0.39 is 0 Å². The van der Waals surface area contributed by atoms with Crippen LogP contribution in [0.1, 0.15) is 36.9 Å². The molecule has 0 fully saturated rings. The molecule has 0 amide bonds. The first-order valence-electron chi connectivity index (χ1n) is 7.80. The molecule has 0 aromatic heterocycles. The van der Waals surface area contributed by atoms with E-state index in [4.69, 9.17) is 0 Å². The number of thioether (sulfide) groups is 1. The maximum absolute atomic E-state index is 3.73. The first-order valence-corrected chi connectivity index (χ1v) is 8.84. The molecular formula is C17H28N2S. The minimum atomic E-state index is 0.519. The lowest BCUT2D eigenvalue weighted by atomic mass is 9.99. The van der Waals surface area contributed by atoms with Crippen LogP contribution in [0.25, 0.3) is 0 Å². The van der Waals surface area contributed by atoms with E-state index in [2.05, 4.69) is 67.3 Å². The molecule has 1 aromatic carbocycles. The summed E-state index contributed by atoms with van der Waals surface area (Å²) in [7, 11) is 4.31. The molecule has 2 nitrogen and oxygen atoms in total. The summed E-state index contributed by atoms with van der Waals surface area (Å²) < 4.78 is 0. The number of benzene rings is 1. The highest BCUT2D eigenvalue weighted by Crippen LogP contribution is 2.35. The van der Waals surface area contributed by atoms with E-state index in [0.717, 1.165) is 6.54 Å². The monoisotopic (exact) mass is 292 g/mol. The standard InChI is InChI=1S/C17H28N2S/c1-4-18-17-15-10-6-5-8-14(15)9-7-11-16(17)20-13-12-19(2)3/h5-6,8,10,16-18H,4,7,9,11-13H2,1-3H3. The van der Waals surface area contributed by atoms with Crippen LogP contribution in [0.15, 0.2) is 24.3 Å². The van der Waals surface area contributed by atoms with Crippen LogP contribution < -0.4 is 5.32 Å². The molecule has 0 saturated heterocycles. The normalized spacial score (nSPS) is 22.6. The van der Waals surface area contributed by atoms with Gasteiger partial charge in [0.2, 0.25) is 0 Å². The van der Waals surface area contributed by atoms with Gasteiger partial charge in [0, 0.05) is 23.6 Å². The van der Waals surface area contributed by atoms with Gasteiger partial charge in [-0.25, -0.2) is 0 Å². The van der Waals surface area contributed by atoms with E-state index in [1.807, 2.05) is 0 Å². The number of nitrogens with one attached hydrogen (secondary N) is 1. The summed E-state index contributed by atoms with van der Waals surface area (Å²) in [6, 6.07) is 9.53. The van der Waals surface area contributed by atoms with Crippen molar-refractivity contribution >= 4 is 11.8 Å². The molecule has 1 aliphatic carbocycles. The van der Waals surface area contributed by atoms with Gasteiger partial charge >= 0.3 is 0 Å². The van der Waals surface area contributed by atoms with Crippen LogP contribution in [0.5, 0.6) is 0 Å². The SMILES string of the molecule is CCNC1c2ccccc2CCCC1SCCN(C)C. The molecule has 3 heteroatoms. The third-order valence-electron chi connectivity index (χ3n) is 3.99. The predicted molar refractivity (Wildman–Crippen MR) is 90.6 cm³/mol. The molecule has 1 N–H and O–H groups in total. The molecule has 2 unspecified atom stereocenters. The summed E-state index contributed by atoms with van der Waals surface area (Å²) in [4.78, 5) is 2.28. The molecule has 20 heavy (non-hydrogen) atoms. The average molecular weight is 292 g/mol. The summed E-state index contributed by atoms with van der Waals surface area (Å²) >= 11 is 2.15. The number of fused-ring (bicyclic) bond motifs is 1. The van der Waals surface area contributed by atoms with Crippen LogP contribution in [0.3, 0.4) is 0 Å². The largest absolute Gasteiger partial charge is 0.309 e. The number of hydrogen-bond acceptors (Lipinski definition) is 3.